The zero-order valence-electron chi connectivity index (χ0n) is 16.5. The zero-order chi connectivity index (χ0) is 21.3. The van der Waals surface area contributed by atoms with Crippen molar-refractivity contribution in [3.63, 3.8) is 0 Å². The second-order valence-corrected chi connectivity index (χ2v) is 6.88. The summed E-state index contributed by atoms with van der Waals surface area (Å²) >= 11 is 0. The molecule has 30 heavy (non-hydrogen) atoms. The molecule has 1 N–H and O–H groups in total. The van der Waals surface area contributed by atoms with Crippen LogP contribution in [0.25, 0.3) is 21.7 Å². The first kappa shape index (κ1) is 19.5. The molecule has 0 aliphatic heterocycles. The fourth-order valence-electron chi connectivity index (χ4n) is 3.76. The SMILES string of the molecule is COC(=O)C[C@H](c1oc2ccccc2c(=O)c1O)c1ccc(OC)c2ccccc12. The summed E-state index contributed by atoms with van der Waals surface area (Å²) < 4.78 is 16.3. The van der Waals surface area contributed by atoms with Crippen LogP contribution < -0.4 is 10.2 Å². The van der Waals surface area contributed by atoms with E-state index in [0.29, 0.717) is 16.9 Å². The lowest BCUT2D eigenvalue weighted by molar-refractivity contribution is -0.140. The Labute approximate surface area is 172 Å². The quantitative estimate of drug-likeness (QED) is 0.498. The fraction of sp³-hybridized carbons (Fsp3) is 0.167. The number of methoxy groups -OCH3 is 2. The molecule has 3 aromatic carbocycles. The van der Waals surface area contributed by atoms with E-state index < -0.39 is 23.1 Å². The van der Waals surface area contributed by atoms with Crippen LogP contribution in [-0.4, -0.2) is 25.3 Å². The van der Waals surface area contributed by atoms with Crippen molar-refractivity contribution in [2.75, 3.05) is 14.2 Å². The molecule has 0 aliphatic carbocycles. The first-order chi connectivity index (χ1) is 14.5. The topological polar surface area (TPSA) is 86.0 Å². The van der Waals surface area contributed by atoms with Crippen molar-refractivity contribution in [1.29, 1.82) is 0 Å². The largest absolute Gasteiger partial charge is 0.502 e. The Hall–Kier alpha value is -3.80. The lowest BCUT2D eigenvalue weighted by atomic mass is 9.88. The number of para-hydroxylation sites is 1. The van der Waals surface area contributed by atoms with Crippen molar-refractivity contribution in [3.8, 4) is 11.5 Å². The molecule has 0 bridgehead atoms. The number of hydrogen-bond acceptors (Lipinski definition) is 6. The highest BCUT2D eigenvalue weighted by atomic mass is 16.5. The van der Waals surface area contributed by atoms with E-state index in [0.717, 1.165) is 10.8 Å². The molecule has 1 atom stereocenters. The molecular formula is C24H20O6. The molecule has 0 saturated carbocycles. The van der Waals surface area contributed by atoms with Crippen LogP contribution in [0, 0.1) is 0 Å². The number of aromatic hydroxyl groups is 1. The summed E-state index contributed by atoms with van der Waals surface area (Å²) in [5, 5.41) is 12.6. The molecule has 0 fully saturated rings. The molecule has 6 heteroatoms. The predicted molar refractivity (Wildman–Crippen MR) is 113 cm³/mol. The van der Waals surface area contributed by atoms with E-state index >= 15 is 0 Å². The molecule has 0 spiro atoms. The Bertz CT molecular complexity index is 1300. The third kappa shape index (κ3) is 3.26. The maximum Gasteiger partial charge on any atom is 0.306 e. The molecule has 4 rings (SSSR count). The highest BCUT2D eigenvalue weighted by molar-refractivity contribution is 5.92. The smallest absolute Gasteiger partial charge is 0.306 e. The normalized spacial score (nSPS) is 12.1. The van der Waals surface area contributed by atoms with Gasteiger partial charge in [-0.15, -0.1) is 0 Å². The number of rotatable bonds is 5. The Morgan fingerprint density at radius 2 is 1.63 bits per heavy atom. The molecular weight excluding hydrogens is 384 g/mol. The molecule has 6 nitrogen and oxygen atoms in total. The minimum absolute atomic E-state index is 0.0272. The number of hydrogen-bond donors (Lipinski definition) is 1. The van der Waals surface area contributed by atoms with E-state index in [-0.39, 0.29) is 17.6 Å². The van der Waals surface area contributed by atoms with Crippen LogP contribution in [0.1, 0.15) is 23.7 Å². The van der Waals surface area contributed by atoms with Crippen LogP contribution in [0.2, 0.25) is 0 Å². The lowest BCUT2D eigenvalue weighted by Crippen LogP contribution is -2.14. The highest BCUT2D eigenvalue weighted by Gasteiger charge is 2.28. The summed E-state index contributed by atoms with van der Waals surface area (Å²) in [6.45, 7) is 0. The predicted octanol–water partition coefficient (Wildman–Crippen LogP) is 4.36. The molecule has 0 amide bonds. The monoisotopic (exact) mass is 404 g/mol. The molecule has 0 unspecified atom stereocenters. The van der Waals surface area contributed by atoms with Gasteiger partial charge in [0.2, 0.25) is 11.2 Å². The average molecular weight is 404 g/mol. The second kappa shape index (κ2) is 7.91. The number of carbonyl (C=O) groups is 1. The number of ether oxygens (including phenoxy) is 2. The third-order valence-electron chi connectivity index (χ3n) is 5.23. The molecule has 1 heterocycles. The van der Waals surface area contributed by atoms with E-state index in [4.69, 9.17) is 13.9 Å². The Balaban J connectivity index is 2.01. The summed E-state index contributed by atoms with van der Waals surface area (Å²) in [7, 11) is 2.88. The summed E-state index contributed by atoms with van der Waals surface area (Å²) in [6.07, 6.45) is -0.109. The van der Waals surface area contributed by atoms with Crippen LogP contribution in [0.4, 0.5) is 0 Å². The van der Waals surface area contributed by atoms with Gasteiger partial charge in [-0.3, -0.25) is 9.59 Å². The Morgan fingerprint density at radius 1 is 0.967 bits per heavy atom. The average Bonchev–Trinajstić information content (AvgIpc) is 2.79. The Kier molecular flexibility index (Phi) is 5.14. The molecule has 0 aliphatic rings. The highest BCUT2D eigenvalue weighted by Crippen LogP contribution is 2.40. The fourth-order valence-corrected chi connectivity index (χ4v) is 3.76. The van der Waals surface area contributed by atoms with E-state index in [1.54, 1.807) is 37.4 Å². The van der Waals surface area contributed by atoms with Gasteiger partial charge in [0.25, 0.3) is 0 Å². The number of fused-ring (bicyclic) bond motifs is 2. The maximum atomic E-state index is 12.8. The first-order valence-corrected chi connectivity index (χ1v) is 9.42. The van der Waals surface area contributed by atoms with Crippen molar-refractivity contribution in [2.24, 2.45) is 0 Å². The van der Waals surface area contributed by atoms with Crippen LogP contribution >= 0.6 is 0 Å². The van der Waals surface area contributed by atoms with Crippen molar-refractivity contribution in [3.05, 3.63) is 82.2 Å². The second-order valence-electron chi connectivity index (χ2n) is 6.88. The van der Waals surface area contributed by atoms with Gasteiger partial charge < -0.3 is 19.0 Å². The van der Waals surface area contributed by atoms with Gasteiger partial charge in [0, 0.05) is 5.39 Å². The van der Waals surface area contributed by atoms with Crippen molar-refractivity contribution < 1.29 is 23.8 Å². The van der Waals surface area contributed by atoms with E-state index in [9.17, 15) is 14.7 Å². The summed E-state index contributed by atoms with van der Waals surface area (Å²) in [6, 6.07) is 17.8. The van der Waals surface area contributed by atoms with Crippen molar-refractivity contribution in [1.82, 2.24) is 0 Å². The minimum atomic E-state index is -0.731. The Morgan fingerprint density at radius 3 is 2.33 bits per heavy atom. The van der Waals surface area contributed by atoms with Crippen molar-refractivity contribution >= 4 is 27.7 Å². The van der Waals surface area contributed by atoms with Crippen LogP contribution in [0.15, 0.2) is 69.9 Å². The van der Waals surface area contributed by atoms with Crippen LogP contribution in [0.5, 0.6) is 11.5 Å². The van der Waals surface area contributed by atoms with E-state index in [1.807, 2.05) is 30.3 Å². The number of benzene rings is 3. The number of carbonyl (C=O) groups excluding carboxylic acids is 1. The standard InChI is InChI=1S/C24H20O6/c1-28-19-12-11-15(14-7-3-4-8-16(14)19)18(13-21(25)29-2)24-23(27)22(26)17-9-5-6-10-20(17)30-24/h3-12,18,27H,13H2,1-2H3/t18-/m0/s1. The summed E-state index contributed by atoms with van der Waals surface area (Å²) in [5.74, 6) is -1.03. The molecule has 0 saturated heterocycles. The van der Waals surface area contributed by atoms with Gasteiger partial charge in [-0.2, -0.15) is 0 Å². The maximum absolute atomic E-state index is 12.8. The van der Waals surface area contributed by atoms with Gasteiger partial charge in [0.1, 0.15) is 11.3 Å². The van der Waals surface area contributed by atoms with Gasteiger partial charge in [0.15, 0.2) is 5.76 Å². The van der Waals surface area contributed by atoms with Crippen molar-refractivity contribution in [2.45, 2.75) is 12.3 Å². The summed E-state index contributed by atoms with van der Waals surface area (Å²) in [5.41, 5.74) is 0.507. The first-order valence-electron chi connectivity index (χ1n) is 9.42. The van der Waals surface area contributed by atoms with Gasteiger partial charge in [-0.25, -0.2) is 0 Å². The van der Waals surface area contributed by atoms with Crippen LogP contribution in [0.3, 0.4) is 0 Å². The zero-order valence-corrected chi connectivity index (χ0v) is 16.5. The van der Waals surface area contributed by atoms with Gasteiger partial charge in [0.05, 0.1) is 31.9 Å². The van der Waals surface area contributed by atoms with E-state index in [2.05, 4.69) is 0 Å². The minimum Gasteiger partial charge on any atom is -0.502 e. The van der Waals surface area contributed by atoms with Gasteiger partial charge in [-0.05, 0) is 29.1 Å². The lowest BCUT2D eigenvalue weighted by Gasteiger charge is -2.20. The van der Waals surface area contributed by atoms with Gasteiger partial charge >= 0.3 is 5.97 Å². The van der Waals surface area contributed by atoms with E-state index in [1.165, 1.54) is 7.11 Å². The van der Waals surface area contributed by atoms with Gasteiger partial charge in [-0.1, -0.05) is 42.5 Å². The number of esters is 1. The summed E-state index contributed by atoms with van der Waals surface area (Å²) in [4.78, 5) is 25.0. The van der Waals surface area contributed by atoms with Crippen LogP contribution in [-0.2, 0) is 9.53 Å². The molecule has 1 aromatic heterocycles. The molecule has 152 valence electrons. The molecule has 0 radical (unpaired) electrons. The molecule has 4 aromatic rings. The third-order valence-corrected chi connectivity index (χ3v) is 5.23.